The number of ether oxygens (including phenoxy) is 5. The number of hydrogen-bond donors (Lipinski definition) is 0. The van der Waals surface area contributed by atoms with E-state index in [-0.39, 0.29) is 11.6 Å². The summed E-state index contributed by atoms with van der Waals surface area (Å²) < 4.78 is 55.2. The molecule has 0 aromatic heterocycles. The van der Waals surface area contributed by atoms with Gasteiger partial charge in [-0.25, -0.2) is 8.78 Å². The average Bonchev–Trinajstić information content (AvgIpc) is 3.16. The van der Waals surface area contributed by atoms with Crippen molar-refractivity contribution in [3.8, 4) is 34.5 Å². The quantitative estimate of drug-likeness (QED) is 0.0741. The van der Waals surface area contributed by atoms with Gasteiger partial charge in [0, 0.05) is 22.3 Å². The molecule has 7 nitrogen and oxygen atoms in total. The molecule has 6 aromatic rings. The average molecular weight is 687 g/mol. The van der Waals surface area contributed by atoms with Crippen molar-refractivity contribution in [2.45, 2.75) is 0 Å². The molecule has 6 rings (SSSR count). The van der Waals surface area contributed by atoms with E-state index in [0.717, 1.165) is 0 Å². The first-order valence-electron chi connectivity index (χ1n) is 16.1. The van der Waals surface area contributed by atoms with E-state index in [1.807, 2.05) is 0 Å². The lowest BCUT2D eigenvalue weighted by atomic mass is 10.0. The van der Waals surface area contributed by atoms with Crippen LogP contribution in [0.25, 0.3) is 0 Å². The van der Waals surface area contributed by atoms with Crippen LogP contribution in [0.4, 0.5) is 8.78 Å². The number of hydrogen-bond acceptors (Lipinski definition) is 7. The molecule has 51 heavy (non-hydrogen) atoms. The van der Waals surface area contributed by atoms with E-state index in [1.165, 1.54) is 48.5 Å². The zero-order chi connectivity index (χ0) is 35.4. The second-order valence-electron chi connectivity index (χ2n) is 11.2. The van der Waals surface area contributed by atoms with Gasteiger partial charge in [-0.15, -0.1) is 0 Å². The summed E-state index contributed by atoms with van der Waals surface area (Å²) in [5, 5.41) is 0. The molecule has 0 spiro atoms. The second kappa shape index (κ2) is 16.9. The number of rotatable bonds is 16. The van der Waals surface area contributed by atoms with E-state index in [2.05, 4.69) is 0 Å². The molecule has 0 aliphatic heterocycles. The van der Waals surface area contributed by atoms with Crippen LogP contribution < -0.4 is 18.9 Å². The van der Waals surface area contributed by atoms with Gasteiger partial charge in [-0.3, -0.25) is 9.59 Å². The van der Waals surface area contributed by atoms with Crippen molar-refractivity contribution in [3.63, 3.8) is 0 Å². The van der Waals surface area contributed by atoms with Gasteiger partial charge < -0.3 is 23.7 Å². The van der Waals surface area contributed by atoms with Gasteiger partial charge in [0.15, 0.2) is 11.6 Å². The summed E-state index contributed by atoms with van der Waals surface area (Å²) in [5.41, 5.74) is 1.79. The van der Waals surface area contributed by atoms with Gasteiger partial charge in [-0.2, -0.15) is 0 Å². The van der Waals surface area contributed by atoms with Gasteiger partial charge >= 0.3 is 0 Å². The molecule has 0 amide bonds. The molecule has 0 fully saturated rings. The topological polar surface area (TPSA) is 80.3 Å². The summed E-state index contributed by atoms with van der Waals surface area (Å²) in [5.74, 6) is 2.52. The minimum absolute atomic E-state index is 0.195. The normalized spacial score (nSPS) is 10.7. The van der Waals surface area contributed by atoms with Crippen LogP contribution in [0.3, 0.4) is 0 Å². The van der Waals surface area contributed by atoms with Gasteiger partial charge in [-0.1, -0.05) is 0 Å². The van der Waals surface area contributed by atoms with Crippen molar-refractivity contribution in [1.29, 1.82) is 0 Å². The van der Waals surface area contributed by atoms with Crippen molar-refractivity contribution in [1.82, 2.24) is 0 Å². The Morgan fingerprint density at radius 1 is 0.353 bits per heavy atom. The molecule has 0 unspecified atom stereocenters. The highest BCUT2D eigenvalue weighted by Gasteiger charge is 2.11. The van der Waals surface area contributed by atoms with E-state index >= 15 is 0 Å². The summed E-state index contributed by atoms with van der Waals surface area (Å²) >= 11 is 0. The standard InChI is InChI=1S/C42H32F2O7/c43-33-9-1-29(2-10-33)41(45)31-5-13-37(14-6-31)50-39-21-17-35(18-22-39)48-27-25-47-26-28-49-36-19-23-40(24-20-36)51-38-15-7-32(8-16-38)42(46)30-3-11-34(44)12-4-30/h1-24H,25-28H2. The van der Waals surface area contributed by atoms with Gasteiger partial charge in [-0.05, 0) is 146 Å². The lowest BCUT2D eigenvalue weighted by Crippen LogP contribution is -2.12. The fourth-order valence-electron chi connectivity index (χ4n) is 4.90. The second-order valence-corrected chi connectivity index (χ2v) is 11.2. The molecule has 6 aromatic carbocycles. The summed E-state index contributed by atoms with van der Waals surface area (Å²) in [6.07, 6.45) is 0. The zero-order valence-electron chi connectivity index (χ0n) is 27.3. The van der Waals surface area contributed by atoms with Crippen molar-refractivity contribution in [2.24, 2.45) is 0 Å². The SMILES string of the molecule is O=C(c1ccc(F)cc1)c1ccc(Oc2ccc(OCCOCCOc3ccc(Oc4ccc(C(=O)c5ccc(F)cc5)cc4)cc3)cc2)cc1. The molecule has 9 heteroatoms. The first-order chi connectivity index (χ1) is 24.9. The van der Waals surface area contributed by atoms with Crippen molar-refractivity contribution < 1.29 is 42.1 Å². The summed E-state index contributed by atoms with van der Waals surface area (Å²) in [6, 6.07) is 38.7. The molecular formula is C42H32F2O7. The Balaban J connectivity index is 0.850. The number of ketones is 2. The third-order valence-corrected chi connectivity index (χ3v) is 7.56. The van der Waals surface area contributed by atoms with Crippen LogP contribution in [0.5, 0.6) is 34.5 Å². The highest BCUT2D eigenvalue weighted by atomic mass is 19.1. The molecule has 0 radical (unpaired) electrons. The molecule has 0 aliphatic carbocycles. The van der Waals surface area contributed by atoms with Crippen LogP contribution in [0.15, 0.2) is 146 Å². The largest absolute Gasteiger partial charge is 0.491 e. The van der Waals surface area contributed by atoms with Crippen LogP contribution in [0, 0.1) is 11.6 Å². The van der Waals surface area contributed by atoms with Gasteiger partial charge in [0.25, 0.3) is 0 Å². The summed E-state index contributed by atoms with van der Waals surface area (Å²) in [7, 11) is 0. The zero-order valence-corrected chi connectivity index (χ0v) is 27.3. The monoisotopic (exact) mass is 686 g/mol. The Bertz CT molecular complexity index is 1880. The van der Waals surface area contributed by atoms with E-state index < -0.39 is 11.6 Å². The first-order valence-corrected chi connectivity index (χ1v) is 16.1. The molecule has 0 atom stereocenters. The van der Waals surface area contributed by atoms with Crippen molar-refractivity contribution in [3.05, 3.63) is 179 Å². The van der Waals surface area contributed by atoms with E-state index in [0.29, 0.717) is 83.2 Å². The van der Waals surface area contributed by atoms with Crippen LogP contribution in [-0.4, -0.2) is 38.0 Å². The van der Waals surface area contributed by atoms with Crippen LogP contribution in [0.1, 0.15) is 31.8 Å². The minimum atomic E-state index is -0.390. The highest BCUT2D eigenvalue weighted by Crippen LogP contribution is 2.26. The Morgan fingerprint density at radius 2 is 0.608 bits per heavy atom. The van der Waals surface area contributed by atoms with Crippen LogP contribution in [-0.2, 0) is 4.74 Å². The number of carbonyl (C=O) groups excluding carboxylic acids is 2. The number of benzene rings is 6. The third kappa shape index (κ3) is 9.87. The van der Waals surface area contributed by atoms with Gasteiger partial charge in [0.05, 0.1) is 13.2 Å². The lowest BCUT2D eigenvalue weighted by molar-refractivity contribution is 0.0764. The Morgan fingerprint density at radius 3 is 0.922 bits per heavy atom. The number of carbonyl (C=O) groups is 2. The predicted octanol–water partition coefficient (Wildman–Crippen LogP) is 9.49. The third-order valence-electron chi connectivity index (χ3n) is 7.56. The summed E-state index contributed by atoms with van der Waals surface area (Å²) in [6.45, 7) is 1.48. The summed E-state index contributed by atoms with van der Waals surface area (Å²) in [4.78, 5) is 25.2. The fraction of sp³-hybridized carbons (Fsp3) is 0.0952. The highest BCUT2D eigenvalue weighted by molar-refractivity contribution is 6.09. The van der Waals surface area contributed by atoms with Crippen molar-refractivity contribution in [2.75, 3.05) is 26.4 Å². The van der Waals surface area contributed by atoms with Crippen LogP contribution >= 0.6 is 0 Å². The lowest BCUT2D eigenvalue weighted by Gasteiger charge is -2.10. The fourth-order valence-corrected chi connectivity index (χ4v) is 4.90. The molecule has 0 bridgehead atoms. The molecule has 0 saturated carbocycles. The molecule has 0 heterocycles. The molecular weight excluding hydrogens is 654 g/mol. The molecule has 0 aliphatic rings. The maximum atomic E-state index is 13.1. The van der Waals surface area contributed by atoms with Gasteiger partial charge in [0.1, 0.15) is 59.3 Å². The Labute approximate surface area is 293 Å². The van der Waals surface area contributed by atoms with E-state index in [1.54, 1.807) is 97.1 Å². The van der Waals surface area contributed by atoms with E-state index in [4.69, 9.17) is 23.7 Å². The number of halogens is 2. The minimum Gasteiger partial charge on any atom is -0.491 e. The molecule has 256 valence electrons. The maximum absolute atomic E-state index is 13.1. The Kier molecular flexibility index (Phi) is 11.4. The smallest absolute Gasteiger partial charge is 0.193 e. The predicted molar refractivity (Wildman–Crippen MR) is 187 cm³/mol. The van der Waals surface area contributed by atoms with Crippen molar-refractivity contribution >= 4 is 11.6 Å². The molecule has 0 N–H and O–H groups in total. The maximum Gasteiger partial charge on any atom is 0.193 e. The first kappa shape index (κ1) is 34.5. The van der Waals surface area contributed by atoms with E-state index in [9.17, 15) is 18.4 Å². The molecule has 0 saturated heterocycles. The van der Waals surface area contributed by atoms with Crippen LogP contribution in [0.2, 0.25) is 0 Å². The van der Waals surface area contributed by atoms with Gasteiger partial charge in [0.2, 0.25) is 0 Å². The Hall–Kier alpha value is -6.32.